The molecule has 1 saturated carbocycles. The van der Waals surface area contributed by atoms with E-state index >= 15 is 0 Å². The number of rotatable bonds is 4. The van der Waals surface area contributed by atoms with Crippen LogP contribution in [0.15, 0.2) is 10.8 Å². The molecule has 2 N–H and O–H groups in total. The van der Waals surface area contributed by atoms with Crippen LogP contribution in [0.3, 0.4) is 0 Å². The lowest BCUT2D eigenvalue weighted by Gasteiger charge is -2.06. The molecule has 0 atom stereocenters. The Bertz CT molecular complexity index is 328. The van der Waals surface area contributed by atoms with Crippen molar-refractivity contribution in [2.24, 2.45) is 5.73 Å². The normalized spacial score (nSPS) is 18.5. The van der Waals surface area contributed by atoms with Gasteiger partial charge < -0.3 is 5.73 Å². The molecular formula is C10H16BrN3. The van der Waals surface area contributed by atoms with Crippen molar-refractivity contribution in [1.29, 1.82) is 0 Å². The van der Waals surface area contributed by atoms with Gasteiger partial charge in [0, 0.05) is 17.6 Å². The lowest BCUT2D eigenvalue weighted by atomic mass is 10.1. The van der Waals surface area contributed by atoms with E-state index in [2.05, 4.69) is 28.0 Å². The molecular weight excluding hydrogens is 242 g/mol. The van der Waals surface area contributed by atoms with E-state index in [9.17, 15) is 0 Å². The summed E-state index contributed by atoms with van der Waals surface area (Å²) in [6.45, 7) is 3.00. The van der Waals surface area contributed by atoms with E-state index in [0.717, 1.165) is 24.0 Å². The van der Waals surface area contributed by atoms with Gasteiger partial charge in [-0.15, -0.1) is 0 Å². The molecule has 14 heavy (non-hydrogen) atoms. The Kier molecular flexibility index (Phi) is 2.66. The van der Waals surface area contributed by atoms with Crippen molar-refractivity contribution in [3.8, 4) is 0 Å². The summed E-state index contributed by atoms with van der Waals surface area (Å²) in [5, 5.41) is 4.28. The van der Waals surface area contributed by atoms with Gasteiger partial charge in [-0.05, 0) is 48.5 Å². The number of hydrogen-bond donors (Lipinski definition) is 1. The van der Waals surface area contributed by atoms with Crippen LogP contribution in [0.2, 0.25) is 0 Å². The topological polar surface area (TPSA) is 43.8 Å². The Morgan fingerprint density at radius 2 is 2.36 bits per heavy atom. The summed E-state index contributed by atoms with van der Waals surface area (Å²) in [5.41, 5.74) is 7.47. The third kappa shape index (κ3) is 2.01. The van der Waals surface area contributed by atoms with Crippen LogP contribution < -0.4 is 5.73 Å². The summed E-state index contributed by atoms with van der Waals surface area (Å²) >= 11 is 3.56. The van der Waals surface area contributed by atoms with Crippen molar-refractivity contribution in [2.45, 2.75) is 44.7 Å². The number of halogens is 1. The van der Waals surface area contributed by atoms with Crippen LogP contribution in [0, 0.1) is 0 Å². The van der Waals surface area contributed by atoms with E-state index in [1.54, 1.807) is 0 Å². The van der Waals surface area contributed by atoms with E-state index in [1.807, 2.05) is 10.9 Å². The standard InChI is InChI=1S/C10H16BrN3/c1-2-14-9(11)8(7-13-14)3-4-10(12)5-6-10/h7H,2-6,12H2,1H3. The van der Waals surface area contributed by atoms with Crippen LogP contribution in [-0.4, -0.2) is 15.3 Å². The Hall–Kier alpha value is -0.350. The molecule has 2 rings (SSSR count). The first-order valence-electron chi connectivity index (χ1n) is 5.14. The third-order valence-corrected chi connectivity index (χ3v) is 3.85. The SMILES string of the molecule is CCn1ncc(CCC2(N)CC2)c1Br. The van der Waals surface area contributed by atoms with E-state index < -0.39 is 0 Å². The summed E-state index contributed by atoms with van der Waals surface area (Å²) in [4.78, 5) is 0. The molecule has 0 bridgehead atoms. The molecule has 4 heteroatoms. The number of nitrogens with zero attached hydrogens (tertiary/aromatic N) is 2. The molecule has 0 aromatic carbocycles. The monoisotopic (exact) mass is 257 g/mol. The Morgan fingerprint density at radius 1 is 1.64 bits per heavy atom. The van der Waals surface area contributed by atoms with Crippen molar-refractivity contribution in [3.63, 3.8) is 0 Å². The molecule has 78 valence electrons. The minimum atomic E-state index is 0.147. The van der Waals surface area contributed by atoms with Crippen molar-refractivity contribution >= 4 is 15.9 Å². The van der Waals surface area contributed by atoms with Crippen LogP contribution in [0.25, 0.3) is 0 Å². The van der Waals surface area contributed by atoms with Gasteiger partial charge in [0.1, 0.15) is 4.60 Å². The largest absolute Gasteiger partial charge is 0.325 e. The zero-order valence-electron chi connectivity index (χ0n) is 8.46. The maximum absolute atomic E-state index is 6.04. The first-order valence-corrected chi connectivity index (χ1v) is 5.93. The molecule has 0 aliphatic heterocycles. The lowest BCUT2D eigenvalue weighted by molar-refractivity contribution is 0.605. The molecule has 1 aromatic rings. The van der Waals surface area contributed by atoms with Crippen LogP contribution in [0.4, 0.5) is 0 Å². The average Bonchev–Trinajstić information content (AvgIpc) is 2.79. The fraction of sp³-hybridized carbons (Fsp3) is 0.700. The molecule has 1 aliphatic carbocycles. The molecule has 1 heterocycles. The molecule has 1 aliphatic rings. The van der Waals surface area contributed by atoms with Crippen LogP contribution in [0.1, 0.15) is 31.7 Å². The second-order valence-electron chi connectivity index (χ2n) is 4.14. The van der Waals surface area contributed by atoms with Crippen molar-refractivity contribution in [3.05, 3.63) is 16.4 Å². The summed E-state index contributed by atoms with van der Waals surface area (Å²) in [7, 11) is 0. The molecule has 0 spiro atoms. The summed E-state index contributed by atoms with van der Waals surface area (Å²) in [6.07, 6.45) is 6.44. The molecule has 0 radical (unpaired) electrons. The zero-order valence-corrected chi connectivity index (χ0v) is 10.0. The molecule has 0 saturated heterocycles. The number of hydrogen-bond acceptors (Lipinski definition) is 2. The zero-order chi connectivity index (χ0) is 10.2. The second kappa shape index (κ2) is 3.66. The minimum Gasteiger partial charge on any atom is -0.325 e. The average molecular weight is 258 g/mol. The fourth-order valence-electron chi connectivity index (χ4n) is 1.59. The highest BCUT2D eigenvalue weighted by Crippen LogP contribution is 2.37. The lowest BCUT2D eigenvalue weighted by Crippen LogP contribution is -2.22. The van der Waals surface area contributed by atoms with Crippen LogP contribution in [0.5, 0.6) is 0 Å². The summed E-state index contributed by atoms with van der Waals surface area (Å²) in [6, 6.07) is 0. The third-order valence-electron chi connectivity index (χ3n) is 2.93. The minimum absolute atomic E-state index is 0.147. The van der Waals surface area contributed by atoms with Crippen LogP contribution >= 0.6 is 15.9 Å². The van der Waals surface area contributed by atoms with Crippen LogP contribution in [-0.2, 0) is 13.0 Å². The van der Waals surface area contributed by atoms with E-state index in [0.29, 0.717) is 0 Å². The molecule has 1 aromatic heterocycles. The predicted molar refractivity (Wildman–Crippen MR) is 60.1 cm³/mol. The quantitative estimate of drug-likeness (QED) is 0.898. The van der Waals surface area contributed by atoms with Crippen molar-refractivity contribution < 1.29 is 0 Å². The van der Waals surface area contributed by atoms with Crippen molar-refractivity contribution in [1.82, 2.24) is 9.78 Å². The van der Waals surface area contributed by atoms with E-state index in [-0.39, 0.29) is 5.54 Å². The van der Waals surface area contributed by atoms with Gasteiger partial charge in [0.15, 0.2) is 0 Å². The maximum atomic E-state index is 6.04. The molecule has 1 fully saturated rings. The summed E-state index contributed by atoms with van der Waals surface area (Å²) in [5.74, 6) is 0. The highest BCUT2D eigenvalue weighted by atomic mass is 79.9. The fourth-order valence-corrected chi connectivity index (χ4v) is 2.23. The Balaban J connectivity index is 1.98. The summed E-state index contributed by atoms with van der Waals surface area (Å²) < 4.78 is 3.08. The first kappa shape index (κ1) is 10.2. The second-order valence-corrected chi connectivity index (χ2v) is 4.89. The van der Waals surface area contributed by atoms with Gasteiger partial charge in [-0.2, -0.15) is 5.10 Å². The predicted octanol–water partition coefficient (Wildman–Crippen LogP) is 2.09. The number of nitrogens with two attached hydrogens (primary N) is 1. The molecule has 0 unspecified atom stereocenters. The van der Waals surface area contributed by atoms with E-state index in [1.165, 1.54) is 18.4 Å². The maximum Gasteiger partial charge on any atom is 0.107 e. The van der Waals surface area contributed by atoms with Gasteiger partial charge >= 0.3 is 0 Å². The van der Waals surface area contributed by atoms with Gasteiger partial charge in [-0.3, -0.25) is 4.68 Å². The molecule has 0 amide bonds. The highest BCUT2D eigenvalue weighted by molar-refractivity contribution is 9.10. The Morgan fingerprint density at radius 3 is 2.86 bits per heavy atom. The first-order chi connectivity index (χ1) is 6.64. The number of aryl methyl sites for hydroxylation is 2. The van der Waals surface area contributed by atoms with Crippen molar-refractivity contribution in [2.75, 3.05) is 0 Å². The van der Waals surface area contributed by atoms with Gasteiger partial charge in [-0.25, -0.2) is 0 Å². The molecule has 3 nitrogen and oxygen atoms in total. The van der Waals surface area contributed by atoms with E-state index in [4.69, 9.17) is 5.73 Å². The van der Waals surface area contributed by atoms with Gasteiger partial charge in [-0.1, -0.05) is 0 Å². The smallest absolute Gasteiger partial charge is 0.107 e. The number of aromatic nitrogens is 2. The highest BCUT2D eigenvalue weighted by Gasteiger charge is 2.37. The van der Waals surface area contributed by atoms with Gasteiger partial charge in [0.05, 0.1) is 6.20 Å². The van der Waals surface area contributed by atoms with Gasteiger partial charge in [0.2, 0.25) is 0 Å². The Labute approximate surface area is 92.8 Å². The van der Waals surface area contributed by atoms with Gasteiger partial charge in [0.25, 0.3) is 0 Å².